The van der Waals surface area contributed by atoms with E-state index in [2.05, 4.69) is 10.1 Å². The van der Waals surface area contributed by atoms with Crippen LogP contribution in [0.25, 0.3) is 28.5 Å². The molecule has 0 radical (unpaired) electrons. The second-order valence-electron chi connectivity index (χ2n) is 6.39. The smallest absolute Gasteiger partial charge is 0.416 e. The van der Waals surface area contributed by atoms with Gasteiger partial charge in [0.2, 0.25) is 0 Å². The van der Waals surface area contributed by atoms with E-state index >= 15 is 0 Å². The molecule has 4 aromatic rings. The zero-order valence-corrected chi connectivity index (χ0v) is 15.1. The average Bonchev–Trinajstić information content (AvgIpc) is 3.13. The molecule has 0 aliphatic carbocycles. The number of aromatic hydroxyl groups is 2. The van der Waals surface area contributed by atoms with Crippen LogP contribution in [0.2, 0.25) is 0 Å². The summed E-state index contributed by atoms with van der Waals surface area (Å²) < 4.78 is 53.3. The van der Waals surface area contributed by atoms with Crippen LogP contribution >= 0.6 is 0 Å². The van der Waals surface area contributed by atoms with Gasteiger partial charge in [-0.05, 0) is 54.6 Å². The SMILES string of the molecule is Oc1cc(C(F)(F)F)ccc1-c1nc(-c2ccccc2O)n(-c2ccc(F)cc2)n1. The number of halogens is 4. The van der Waals surface area contributed by atoms with E-state index in [-0.39, 0.29) is 23.0 Å². The van der Waals surface area contributed by atoms with Crippen LogP contribution in [-0.4, -0.2) is 25.0 Å². The summed E-state index contributed by atoms with van der Waals surface area (Å²) in [5, 5.41) is 24.7. The highest BCUT2D eigenvalue weighted by molar-refractivity contribution is 5.71. The lowest BCUT2D eigenvalue weighted by Gasteiger charge is -2.08. The number of hydrogen-bond acceptors (Lipinski definition) is 4. The van der Waals surface area contributed by atoms with Gasteiger partial charge in [-0.1, -0.05) is 12.1 Å². The first-order valence-electron chi connectivity index (χ1n) is 8.66. The van der Waals surface area contributed by atoms with Crippen LogP contribution in [-0.2, 0) is 6.18 Å². The van der Waals surface area contributed by atoms with Crippen molar-refractivity contribution in [1.29, 1.82) is 0 Å². The Bertz CT molecular complexity index is 1220. The lowest BCUT2D eigenvalue weighted by atomic mass is 10.1. The minimum Gasteiger partial charge on any atom is -0.507 e. The van der Waals surface area contributed by atoms with E-state index in [9.17, 15) is 27.8 Å². The summed E-state index contributed by atoms with van der Waals surface area (Å²) >= 11 is 0. The molecule has 0 saturated heterocycles. The molecular weight excluding hydrogens is 402 g/mol. The van der Waals surface area contributed by atoms with Crippen molar-refractivity contribution in [2.75, 3.05) is 0 Å². The highest BCUT2D eigenvalue weighted by Crippen LogP contribution is 2.37. The first kappa shape index (κ1) is 19.4. The molecule has 0 aliphatic rings. The Hall–Kier alpha value is -3.88. The second-order valence-corrected chi connectivity index (χ2v) is 6.39. The van der Waals surface area contributed by atoms with Crippen LogP contribution in [0.15, 0.2) is 66.7 Å². The van der Waals surface area contributed by atoms with Gasteiger partial charge in [0.25, 0.3) is 0 Å². The molecule has 1 heterocycles. The summed E-state index contributed by atoms with van der Waals surface area (Å²) in [5.74, 6) is -1.12. The molecule has 0 atom stereocenters. The number of phenols is 2. The van der Waals surface area contributed by atoms with Gasteiger partial charge in [-0.25, -0.2) is 14.1 Å². The lowest BCUT2D eigenvalue weighted by molar-refractivity contribution is -0.137. The number of rotatable bonds is 3. The van der Waals surface area contributed by atoms with E-state index < -0.39 is 23.3 Å². The fourth-order valence-electron chi connectivity index (χ4n) is 2.92. The molecule has 4 rings (SSSR count). The molecule has 0 fully saturated rings. The Morgan fingerprint density at radius 1 is 0.800 bits per heavy atom. The number of benzene rings is 3. The highest BCUT2D eigenvalue weighted by atomic mass is 19.4. The third-order valence-corrected chi connectivity index (χ3v) is 4.39. The van der Waals surface area contributed by atoms with Gasteiger partial charge in [-0.15, -0.1) is 5.10 Å². The Labute approximate surface area is 167 Å². The Kier molecular flexibility index (Phi) is 4.65. The van der Waals surface area contributed by atoms with E-state index in [4.69, 9.17) is 0 Å². The fourth-order valence-corrected chi connectivity index (χ4v) is 2.92. The van der Waals surface area contributed by atoms with Crippen LogP contribution in [0, 0.1) is 5.82 Å². The van der Waals surface area contributed by atoms with Gasteiger partial charge in [-0.3, -0.25) is 0 Å². The van der Waals surface area contributed by atoms with Gasteiger partial charge in [-0.2, -0.15) is 13.2 Å². The predicted octanol–water partition coefficient (Wildman–Crippen LogP) is 5.17. The van der Waals surface area contributed by atoms with Crippen molar-refractivity contribution in [1.82, 2.24) is 14.8 Å². The van der Waals surface area contributed by atoms with Crippen molar-refractivity contribution in [3.63, 3.8) is 0 Å². The number of alkyl halides is 3. The summed E-state index contributed by atoms with van der Waals surface area (Å²) in [6.07, 6.45) is -4.61. The van der Waals surface area contributed by atoms with Gasteiger partial charge in [0.05, 0.1) is 22.4 Å². The van der Waals surface area contributed by atoms with Crippen molar-refractivity contribution in [2.45, 2.75) is 6.18 Å². The molecule has 0 saturated carbocycles. The molecule has 2 N–H and O–H groups in total. The van der Waals surface area contributed by atoms with Crippen molar-refractivity contribution >= 4 is 0 Å². The minimum absolute atomic E-state index is 0.0273. The maximum Gasteiger partial charge on any atom is 0.416 e. The molecule has 9 heteroatoms. The molecule has 0 spiro atoms. The number of aromatic nitrogens is 3. The summed E-state index contributed by atoms with van der Waals surface area (Å²) in [6, 6.07) is 14.0. The molecule has 3 aromatic carbocycles. The quantitative estimate of drug-likeness (QED) is 0.453. The zero-order valence-electron chi connectivity index (χ0n) is 15.1. The summed E-state index contributed by atoms with van der Waals surface area (Å²) in [7, 11) is 0. The summed E-state index contributed by atoms with van der Waals surface area (Å²) in [4.78, 5) is 4.32. The van der Waals surface area contributed by atoms with Crippen LogP contribution in [0.4, 0.5) is 17.6 Å². The third kappa shape index (κ3) is 3.57. The molecule has 5 nitrogen and oxygen atoms in total. The van der Waals surface area contributed by atoms with E-state index in [1.54, 1.807) is 18.2 Å². The molecular formula is C21H13F4N3O2. The van der Waals surface area contributed by atoms with Gasteiger partial charge in [0.15, 0.2) is 11.6 Å². The van der Waals surface area contributed by atoms with E-state index in [0.29, 0.717) is 17.3 Å². The molecule has 152 valence electrons. The van der Waals surface area contributed by atoms with Crippen LogP contribution in [0.1, 0.15) is 5.56 Å². The first-order valence-corrected chi connectivity index (χ1v) is 8.66. The Morgan fingerprint density at radius 3 is 2.13 bits per heavy atom. The van der Waals surface area contributed by atoms with Crippen molar-refractivity contribution < 1.29 is 27.8 Å². The molecule has 0 unspecified atom stereocenters. The Balaban J connectivity index is 1.90. The van der Waals surface area contributed by atoms with Crippen LogP contribution in [0.5, 0.6) is 11.5 Å². The van der Waals surface area contributed by atoms with Crippen molar-refractivity contribution in [2.24, 2.45) is 0 Å². The molecule has 0 amide bonds. The van der Waals surface area contributed by atoms with Gasteiger partial charge in [0, 0.05) is 0 Å². The molecule has 1 aromatic heterocycles. The van der Waals surface area contributed by atoms with Crippen molar-refractivity contribution in [3.8, 4) is 40.0 Å². The molecule has 30 heavy (non-hydrogen) atoms. The molecule has 0 aliphatic heterocycles. The largest absolute Gasteiger partial charge is 0.507 e. The van der Waals surface area contributed by atoms with E-state index in [1.165, 1.54) is 35.0 Å². The van der Waals surface area contributed by atoms with E-state index in [1.807, 2.05) is 0 Å². The zero-order chi connectivity index (χ0) is 21.5. The fraction of sp³-hybridized carbons (Fsp3) is 0.0476. The number of para-hydroxylation sites is 1. The molecule has 0 bridgehead atoms. The number of nitrogens with zero attached hydrogens (tertiary/aromatic N) is 3. The average molecular weight is 415 g/mol. The highest BCUT2D eigenvalue weighted by Gasteiger charge is 2.31. The normalized spacial score (nSPS) is 11.6. The van der Waals surface area contributed by atoms with Gasteiger partial charge in [0.1, 0.15) is 17.3 Å². The monoisotopic (exact) mass is 415 g/mol. The second kappa shape index (κ2) is 7.18. The van der Waals surface area contributed by atoms with Crippen LogP contribution in [0.3, 0.4) is 0 Å². The van der Waals surface area contributed by atoms with Crippen LogP contribution < -0.4 is 0 Å². The van der Waals surface area contributed by atoms with Crippen molar-refractivity contribution in [3.05, 3.63) is 78.1 Å². The summed E-state index contributed by atoms with van der Waals surface area (Å²) in [5.41, 5.74) is -0.338. The standard InChI is InChI=1S/C21H13F4N3O2/c22-13-6-8-14(9-7-13)28-20(16-3-1-2-4-17(16)29)26-19(27-28)15-10-5-12(11-18(15)30)21(23,24)25/h1-11,29-30H. The topological polar surface area (TPSA) is 71.2 Å². The van der Waals surface area contributed by atoms with Gasteiger partial charge >= 0.3 is 6.18 Å². The van der Waals surface area contributed by atoms with Gasteiger partial charge < -0.3 is 10.2 Å². The lowest BCUT2D eigenvalue weighted by Crippen LogP contribution is -2.04. The Morgan fingerprint density at radius 2 is 1.50 bits per heavy atom. The first-order chi connectivity index (χ1) is 14.2. The maximum atomic E-state index is 13.3. The number of hydrogen-bond donors (Lipinski definition) is 2. The third-order valence-electron chi connectivity index (χ3n) is 4.39. The predicted molar refractivity (Wildman–Crippen MR) is 101 cm³/mol. The van der Waals surface area contributed by atoms with E-state index in [0.717, 1.165) is 12.1 Å². The summed E-state index contributed by atoms with van der Waals surface area (Å²) in [6.45, 7) is 0. The maximum absolute atomic E-state index is 13.3. The minimum atomic E-state index is -4.61. The number of phenolic OH excluding ortho intramolecular Hbond substituents is 2.